The third kappa shape index (κ3) is 7.90. The second-order valence-electron chi connectivity index (χ2n) is 9.93. The van der Waals surface area contributed by atoms with Crippen molar-refractivity contribution in [3.8, 4) is 0 Å². The number of ether oxygens (including phenoxy) is 1. The number of hydrogen-bond donors (Lipinski definition) is 1. The Balaban J connectivity index is 1.99. The number of benzene rings is 2. The van der Waals surface area contributed by atoms with E-state index < -0.39 is 22.4 Å². The Hall–Kier alpha value is -2.69. The Morgan fingerprint density at radius 2 is 1.76 bits per heavy atom. The van der Waals surface area contributed by atoms with Crippen LogP contribution in [0.2, 0.25) is 0 Å². The number of nitrogens with zero attached hydrogens (tertiary/aromatic N) is 3. The first-order chi connectivity index (χ1) is 17.4. The lowest BCUT2D eigenvalue weighted by Gasteiger charge is -2.21. The minimum atomic E-state index is -3.92. The van der Waals surface area contributed by atoms with Gasteiger partial charge in [-0.2, -0.15) is 12.7 Å². The van der Waals surface area contributed by atoms with Crippen LogP contribution in [0.3, 0.4) is 0 Å². The van der Waals surface area contributed by atoms with Gasteiger partial charge >= 0.3 is 16.3 Å². The van der Waals surface area contributed by atoms with Gasteiger partial charge in [-0.15, -0.1) is 0 Å². The first-order valence-electron chi connectivity index (χ1n) is 12.2. The van der Waals surface area contributed by atoms with E-state index in [0.717, 1.165) is 30.3 Å². The summed E-state index contributed by atoms with van der Waals surface area (Å²) in [6.07, 6.45) is 1.68. The van der Waals surface area contributed by atoms with Crippen LogP contribution in [0.25, 0.3) is 0 Å². The molecule has 37 heavy (non-hydrogen) atoms. The van der Waals surface area contributed by atoms with Crippen molar-refractivity contribution in [1.29, 1.82) is 0 Å². The molecule has 3 rings (SSSR count). The molecule has 1 aromatic heterocycles. The van der Waals surface area contributed by atoms with Crippen molar-refractivity contribution in [2.75, 3.05) is 14.1 Å². The van der Waals surface area contributed by atoms with Gasteiger partial charge in [0.05, 0.1) is 5.69 Å². The summed E-state index contributed by atoms with van der Waals surface area (Å²) < 4.78 is 35.6. The number of amides is 1. The minimum Gasteiger partial charge on any atom is -0.438 e. The molecule has 10 heteroatoms. The molecule has 8 nitrogen and oxygen atoms in total. The van der Waals surface area contributed by atoms with Crippen LogP contribution in [0.5, 0.6) is 0 Å². The molecule has 1 heterocycles. The highest BCUT2D eigenvalue weighted by atomic mass is 79.9. The maximum absolute atomic E-state index is 13.3. The SMILES string of the molecule is CCC(C)(C)Cc1cn(S(=O)(=O)N(C)C)c(C(Cc2ccc(Br)cc2)OC(=O)NCc2ccccc2)n1. The molecule has 0 radical (unpaired) electrons. The summed E-state index contributed by atoms with van der Waals surface area (Å²) in [5.41, 5.74) is 2.34. The third-order valence-electron chi connectivity index (χ3n) is 6.23. The van der Waals surface area contributed by atoms with E-state index in [4.69, 9.17) is 9.72 Å². The normalized spacial score (nSPS) is 12.9. The van der Waals surface area contributed by atoms with E-state index in [9.17, 15) is 13.2 Å². The number of rotatable bonds is 11. The fourth-order valence-corrected chi connectivity index (χ4v) is 4.93. The molecular weight excluding hydrogens is 556 g/mol. The van der Waals surface area contributed by atoms with Gasteiger partial charge in [0.25, 0.3) is 0 Å². The molecule has 0 aliphatic heterocycles. The average Bonchev–Trinajstić information content (AvgIpc) is 3.28. The highest BCUT2D eigenvalue weighted by molar-refractivity contribution is 9.10. The van der Waals surface area contributed by atoms with E-state index in [1.54, 1.807) is 6.20 Å². The van der Waals surface area contributed by atoms with Gasteiger partial charge in [0, 0.05) is 37.7 Å². The molecule has 1 unspecified atom stereocenters. The molecule has 2 aromatic carbocycles. The fraction of sp³-hybridized carbons (Fsp3) is 0.407. The summed E-state index contributed by atoms with van der Waals surface area (Å²) in [6, 6.07) is 17.1. The molecule has 1 atom stereocenters. The third-order valence-corrected chi connectivity index (χ3v) is 8.47. The number of carbonyl (C=O) groups is 1. The summed E-state index contributed by atoms with van der Waals surface area (Å²) in [5, 5.41) is 2.76. The van der Waals surface area contributed by atoms with Crippen LogP contribution in [0, 0.1) is 5.41 Å². The number of imidazole rings is 1. The molecule has 0 saturated heterocycles. The summed E-state index contributed by atoms with van der Waals surface area (Å²) in [5.74, 6) is 0.161. The van der Waals surface area contributed by atoms with Gasteiger partial charge in [-0.05, 0) is 35.1 Å². The zero-order valence-corrected chi connectivity index (χ0v) is 24.3. The zero-order valence-electron chi connectivity index (χ0n) is 21.9. The van der Waals surface area contributed by atoms with Crippen molar-refractivity contribution >= 4 is 32.2 Å². The predicted octanol–water partition coefficient (Wildman–Crippen LogP) is 5.49. The highest BCUT2D eigenvalue weighted by Crippen LogP contribution is 2.29. The van der Waals surface area contributed by atoms with Crippen molar-refractivity contribution in [3.63, 3.8) is 0 Å². The molecule has 0 fully saturated rings. The zero-order chi connectivity index (χ0) is 27.2. The van der Waals surface area contributed by atoms with Gasteiger partial charge in [-0.25, -0.2) is 13.8 Å². The highest BCUT2D eigenvalue weighted by Gasteiger charge is 2.31. The molecule has 0 spiro atoms. The Kier molecular flexibility index (Phi) is 9.55. The van der Waals surface area contributed by atoms with Gasteiger partial charge in [0.2, 0.25) is 0 Å². The number of alkyl carbamates (subject to hydrolysis) is 1. The summed E-state index contributed by atoms with van der Waals surface area (Å²) in [6.45, 7) is 6.59. The summed E-state index contributed by atoms with van der Waals surface area (Å²) in [4.78, 5) is 17.6. The molecule has 1 amide bonds. The molecule has 0 bridgehead atoms. The second-order valence-corrected chi connectivity index (χ2v) is 12.9. The van der Waals surface area contributed by atoms with E-state index in [2.05, 4.69) is 42.0 Å². The first-order valence-corrected chi connectivity index (χ1v) is 14.3. The molecule has 1 N–H and O–H groups in total. The number of nitrogens with one attached hydrogen (secondary N) is 1. The molecule has 0 aliphatic rings. The van der Waals surface area contributed by atoms with Gasteiger partial charge in [-0.3, -0.25) is 0 Å². The maximum Gasteiger partial charge on any atom is 0.408 e. The standard InChI is InChI=1S/C27H35BrN4O4S/c1-6-27(2,3)17-23-19-32(37(34,35)31(4)5)25(30-23)24(16-20-12-14-22(28)15-13-20)36-26(33)29-18-21-10-8-7-9-11-21/h7-15,19,24H,6,16-18H2,1-5H3,(H,29,33). The lowest BCUT2D eigenvalue weighted by Crippen LogP contribution is -2.32. The van der Waals surface area contributed by atoms with Crippen LogP contribution in [0.1, 0.15) is 55.9 Å². The van der Waals surface area contributed by atoms with E-state index in [1.165, 1.54) is 14.1 Å². The summed E-state index contributed by atoms with van der Waals surface area (Å²) >= 11 is 3.43. The van der Waals surface area contributed by atoms with Crippen molar-refractivity contribution in [2.45, 2.75) is 52.7 Å². The average molecular weight is 592 g/mol. The second kappa shape index (κ2) is 12.2. The number of aromatic nitrogens is 2. The lowest BCUT2D eigenvalue weighted by atomic mass is 9.85. The Labute approximate surface area is 228 Å². The van der Waals surface area contributed by atoms with Crippen molar-refractivity contribution in [3.05, 3.63) is 87.9 Å². The largest absolute Gasteiger partial charge is 0.438 e. The van der Waals surface area contributed by atoms with Crippen LogP contribution < -0.4 is 5.32 Å². The Morgan fingerprint density at radius 1 is 1.11 bits per heavy atom. The van der Waals surface area contributed by atoms with E-state index in [0.29, 0.717) is 12.1 Å². The minimum absolute atomic E-state index is 0.0759. The number of hydrogen-bond acceptors (Lipinski definition) is 5. The molecule has 0 saturated carbocycles. The maximum atomic E-state index is 13.3. The van der Waals surface area contributed by atoms with Gasteiger partial charge in [-0.1, -0.05) is 85.6 Å². The Morgan fingerprint density at radius 3 is 2.35 bits per heavy atom. The van der Waals surface area contributed by atoms with Gasteiger partial charge < -0.3 is 10.1 Å². The van der Waals surface area contributed by atoms with Crippen LogP contribution in [0.4, 0.5) is 4.79 Å². The van der Waals surface area contributed by atoms with Gasteiger partial charge in [0.1, 0.15) is 0 Å². The van der Waals surface area contributed by atoms with Crippen molar-refractivity contribution < 1.29 is 17.9 Å². The van der Waals surface area contributed by atoms with Crippen LogP contribution >= 0.6 is 15.9 Å². The molecular formula is C27H35BrN4O4S. The van der Waals surface area contributed by atoms with Crippen molar-refractivity contribution in [1.82, 2.24) is 18.6 Å². The number of halogens is 1. The van der Waals surface area contributed by atoms with E-state index in [1.807, 2.05) is 54.6 Å². The molecule has 200 valence electrons. The van der Waals surface area contributed by atoms with Crippen LogP contribution in [0.15, 0.2) is 65.3 Å². The van der Waals surface area contributed by atoms with E-state index in [-0.39, 0.29) is 24.2 Å². The first kappa shape index (κ1) is 28.9. The monoisotopic (exact) mass is 590 g/mol. The summed E-state index contributed by atoms with van der Waals surface area (Å²) in [7, 11) is -0.987. The smallest absolute Gasteiger partial charge is 0.408 e. The quantitative estimate of drug-likeness (QED) is 0.319. The van der Waals surface area contributed by atoms with Crippen LogP contribution in [-0.4, -0.2) is 41.9 Å². The predicted molar refractivity (Wildman–Crippen MR) is 148 cm³/mol. The van der Waals surface area contributed by atoms with Gasteiger partial charge in [0.15, 0.2) is 11.9 Å². The van der Waals surface area contributed by atoms with Crippen molar-refractivity contribution in [2.24, 2.45) is 5.41 Å². The fourth-order valence-electron chi connectivity index (χ4n) is 3.66. The number of carbonyl (C=O) groups excluding carboxylic acids is 1. The lowest BCUT2D eigenvalue weighted by molar-refractivity contribution is 0.0917. The topological polar surface area (TPSA) is 93.5 Å². The van der Waals surface area contributed by atoms with Crippen LogP contribution in [-0.2, 0) is 34.3 Å². The molecule has 0 aliphatic carbocycles. The molecule has 3 aromatic rings. The Bertz CT molecular complexity index is 1290. The van der Waals surface area contributed by atoms with E-state index >= 15 is 0 Å².